The molecule has 112 valence electrons. The number of aliphatic imine (C=N–C) groups is 1. The maximum Gasteiger partial charge on any atom is 0.0694 e. The van der Waals surface area contributed by atoms with Crippen LogP contribution in [0.25, 0.3) is 5.70 Å². The number of aliphatic hydroxyl groups is 1. The Morgan fingerprint density at radius 2 is 2.29 bits per heavy atom. The van der Waals surface area contributed by atoms with Crippen molar-refractivity contribution in [2.24, 2.45) is 4.99 Å². The summed E-state index contributed by atoms with van der Waals surface area (Å²) in [7, 11) is 0. The van der Waals surface area contributed by atoms with Gasteiger partial charge < -0.3 is 10.4 Å². The van der Waals surface area contributed by atoms with Crippen molar-refractivity contribution in [3.63, 3.8) is 0 Å². The van der Waals surface area contributed by atoms with Gasteiger partial charge in [-0.15, -0.1) is 0 Å². The normalized spacial score (nSPS) is 18.7. The minimum atomic E-state index is 0.163. The summed E-state index contributed by atoms with van der Waals surface area (Å²) in [6.45, 7) is 8.60. The molecule has 2 N–H and O–H groups in total. The number of hydrogen-bond acceptors (Lipinski definition) is 3. The molecule has 1 aromatic carbocycles. The van der Waals surface area contributed by atoms with Gasteiger partial charge in [-0.2, -0.15) is 0 Å². The van der Waals surface area contributed by atoms with Crippen LogP contribution in [0.4, 0.5) is 0 Å². The van der Waals surface area contributed by atoms with E-state index in [2.05, 4.69) is 41.8 Å². The van der Waals surface area contributed by atoms with Crippen molar-refractivity contribution in [2.75, 3.05) is 13.2 Å². The molecule has 3 heteroatoms. The number of nitrogens with zero attached hydrogens (tertiary/aromatic N) is 1. The molecule has 3 nitrogen and oxygen atoms in total. The molecule has 1 fully saturated rings. The van der Waals surface area contributed by atoms with Gasteiger partial charge in [-0.3, -0.25) is 4.99 Å². The Morgan fingerprint density at radius 3 is 2.90 bits per heavy atom. The van der Waals surface area contributed by atoms with Crippen molar-refractivity contribution in [3.05, 3.63) is 53.6 Å². The molecule has 0 amide bonds. The molecule has 1 aromatic rings. The quantitative estimate of drug-likeness (QED) is 0.597. The third-order valence-corrected chi connectivity index (χ3v) is 3.96. The molecule has 1 saturated heterocycles. The first-order valence-corrected chi connectivity index (χ1v) is 7.54. The van der Waals surface area contributed by atoms with Crippen LogP contribution in [0, 0.1) is 0 Å². The van der Waals surface area contributed by atoms with Gasteiger partial charge in [0.2, 0.25) is 0 Å². The highest BCUT2D eigenvalue weighted by molar-refractivity contribution is 5.70. The van der Waals surface area contributed by atoms with Crippen molar-refractivity contribution in [2.45, 2.75) is 31.7 Å². The second kappa shape index (κ2) is 7.91. The fourth-order valence-corrected chi connectivity index (χ4v) is 2.89. The molecule has 1 unspecified atom stereocenters. The number of aliphatic hydroxyl groups excluding tert-OH is 1. The molecule has 1 heterocycles. The van der Waals surface area contributed by atoms with Gasteiger partial charge in [-0.05, 0) is 62.2 Å². The number of benzene rings is 1. The fourth-order valence-electron chi connectivity index (χ4n) is 2.89. The molecular weight excluding hydrogens is 260 g/mol. The first-order valence-electron chi connectivity index (χ1n) is 7.54. The summed E-state index contributed by atoms with van der Waals surface area (Å²) in [4.78, 5) is 4.05. The van der Waals surface area contributed by atoms with Gasteiger partial charge in [0, 0.05) is 18.2 Å². The van der Waals surface area contributed by atoms with Crippen molar-refractivity contribution >= 4 is 12.4 Å². The van der Waals surface area contributed by atoms with Crippen LogP contribution in [0.3, 0.4) is 0 Å². The first kappa shape index (κ1) is 15.7. The maximum atomic E-state index is 9.31. The van der Waals surface area contributed by atoms with Crippen LogP contribution >= 0.6 is 0 Å². The number of rotatable bonds is 7. The number of hydrogen-bond donors (Lipinski definition) is 2. The molecule has 0 bridgehead atoms. The van der Waals surface area contributed by atoms with Crippen LogP contribution < -0.4 is 5.32 Å². The lowest BCUT2D eigenvalue weighted by Crippen LogP contribution is -2.24. The van der Waals surface area contributed by atoms with E-state index in [-0.39, 0.29) is 6.61 Å². The predicted molar refractivity (Wildman–Crippen MR) is 89.7 cm³/mol. The second-order valence-corrected chi connectivity index (χ2v) is 5.40. The third kappa shape index (κ3) is 4.13. The van der Waals surface area contributed by atoms with Crippen LogP contribution in [0.15, 0.2) is 41.9 Å². The largest absolute Gasteiger partial charge is 0.396 e. The third-order valence-electron chi connectivity index (χ3n) is 3.96. The molecule has 1 aliphatic rings. The van der Waals surface area contributed by atoms with E-state index < -0.39 is 0 Å². The van der Waals surface area contributed by atoms with Gasteiger partial charge in [0.15, 0.2) is 0 Å². The molecule has 1 atom stereocenters. The molecule has 0 aliphatic carbocycles. The average Bonchev–Trinajstić information content (AvgIpc) is 3.00. The summed E-state index contributed by atoms with van der Waals surface area (Å²) in [6, 6.07) is 6.91. The van der Waals surface area contributed by atoms with Gasteiger partial charge >= 0.3 is 0 Å². The summed E-state index contributed by atoms with van der Waals surface area (Å²) in [5, 5.41) is 12.8. The van der Waals surface area contributed by atoms with Gasteiger partial charge in [0.1, 0.15) is 0 Å². The highest BCUT2D eigenvalue weighted by Crippen LogP contribution is 2.23. The van der Waals surface area contributed by atoms with Crippen molar-refractivity contribution < 1.29 is 5.11 Å². The summed E-state index contributed by atoms with van der Waals surface area (Å²) in [5.41, 5.74) is 4.35. The van der Waals surface area contributed by atoms with E-state index in [0.717, 1.165) is 24.2 Å². The van der Waals surface area contributed by atoms with Crippen LogP contribution in [0.1, 0.15) is 29.5 Å². The van der Waals surface area contributed by atoms with E-state index in [9.17, 15) is 5.11 Å². The van der Waals surface area contributed by atoms with Crippen LogP contribution in [-0.4, -0.2) is 31.0 Å². The minimum absolute atomic E-state index is 0.163. The van der Waals surface area contributed by atoms with Crippen LogP contribution in [-0.2, 0) is 12.8 Å². The Hall–Kier alpha value is -1.71. The summed E-state index contributed by atoms with van der Waals surface area (Å²) in [5.74, 6) is 0. The minimum Gasteiger partial charge on any atom is -0.396 e. The van der Waals surface area contributed by atoms with Crippen LogP contribution in [0.5, 0.6) is 0 Å². The zero-order valence-electron chi connectivity index (χ0n) is 12.5. The summed E-state index contributed by atoms with van der Waals surface area (Å²) >= 11 is 0. The van der Waals surface area contributed by atoms with Crippen molar-refractivity contribution in [1.82, 2.24) is 5.32 Å². The second-order valence-electron chi connectivity index (χ2n) is 5.40. The summed E-state index contributed by atoms with van der Waals surface area (Å²) < 4.78 is 0. The Labute approximate surface area is 127 Å². The Kier molecular flexibility index (Phi) is 5.90. The van der Waals surface area contributed by atoms with Gasteiger partial charge in [-0.25, -0.2) is 0 Å². The molecule has 1 aliphatic heterocycles. The highest BCUT2D eigenvalue weighted by Gasteiger charge is 2.16. The number of allylic oxidation sites excluding steroid dienone is 2. The first-order chi connectivity index (χ1) is 10.3. The predicted octanol–water partition coefficient (Wildman–Crippen LogP) is 2.74. The highest BCUT2D eigenvalue weighted by atomic mass is 16.2. The lowest BCUT2D eigenvalue weighted by Gasteiger charge is -2.15. The molecule has 0 saturated carbocycles. The molecule has 21 heavy (non-hydrogen) atoms. The molecular formula is C18H24N2O. The van der Waals surface area contributed by atoms with Crippen LogP contribution in [0.2, 0.25) is 0 Å². The van der Waals surface area contributed by atoms with Crippen molar-refractivity contribution in [3.8, 4) is 0 Å². The average molecular weight is 284 g/mol. The van der Waals surface area contributed by atoms with E-state index in [0.29, 0.717) is 12.5 Å². The zero-order valence-corrected chi connectivity index (χ0v) is 12.5. The molecule has 0 aromatic heterocycles. The molecule has 0 radical (unpaired) electrons. The summed E-state index contributed by atoms with van der Waals surface area (Å²) in [6.07, 6.45) is 7.75. The molecule has 2 rings (SSSR count). The van der Waals surface area contributed by atoms with E-state index in [1.807, 2.05) is 6.08 Å². The van der Waals surface area contributed by atoms with E-state index in [1.165, 1.54) is 24.0 Å². The maximum absolute atomic E-state index is 9.31. The Balaban J connectivity index is 2.27. The SMILES string of the molecule is C=C/C=C(\N=C)c1ccc(CC2CCCN2)c(CCO)c1. The van der Waals surface area contributed by atoms with E-state index >= 15 is 0 Å². The van der Waals surface area contributed by atoms with E-state index in [1.54, 1.807) is 6.08 Å². The Morgan fingerprint density at radius 1 is 1.43 bits per heavy atom. The zero-order chi connectivity index (χ0) is 15.1. The lowest BCUT2D eigenvalue weighted by molar-refractivity contribution is 0.299. The smallest absolute Gasteiger partial charge is 0.0694 e. The monoisotopic (exact) mass is 284 g/mol. The van der Waals surface area contributed by atoms with Gasteiger partial charge in [0.25, 0.3) is 0 Å². The fraction of sp³-hybridized carbons (Fsp3) is 0.389. The lowest BCUT2D eigenvalue weighted by atomic mass is 9.95. The van der Waals surface area contributed by atoms with Crippen molar-refractivity contribution in [1.29, 1.82) is 0 Å². The van der Waals surface area contributed by atoms with E-state index in [4.69, 9.17) is 0 Å². The van der Waals surface area contributed by atoms with Gasteiger partial charge in [0.05, 0.1) is 5.70 Å². The topological polar surface area (TPSA) is 44.6 Å². The Bertz CT molecular complexity index is 528. The number of nitrogens with one attached hydrogen (secondary N) is 1. The standard InChI is InChI=1S/C18H24N2O/c1-3-5-18(19-2)16-8-7-14(15(12-16)9-11-21)13-17-6-4-10-20-17/h3,5,7-8,12,17,20-21H,1-2,4,6,9-11,13H2/b18-5-. The molecule has 0 spiro atoms. The van der Waals surface area contributed by atoms with Gasteiger partial charge in [-0.1, -0.05) is 24.8 Å².